The third-order valence-corrected chi connectivity index (χ3v) is 4.27. The van der Waals surface area contributed by atoms with Gasteiger partial charge in [-0.25, -0.2) is 23.1 Å². The molecule has 16 heavy (non-hydrogen) atoms. The van der Waals surface area contributed by atoms with E-state index in [1.807, 2.05) is 13.2 Å². The van der Waals surface area contributed by atoms with Crippen LogP contribution in [-0.2, 0) is 10.0 Å². The predicted octanol–water partition coefficient (Wildman–Crippen LogP) is 0.0886. The number of nitrogens with one attached hydrogen (secondary N) is 1. The van der Waals surface area contributed by atoms with Crippen LogP contribution in [0, 0.1) is 0 Å². The molecule has 0 aliphatic carbocycles. The maximum atomic E-state index is 11.7. The molecule has 0 amide bonds. The van der Waals surface area contributed by atoms with Gasteiger partial charge < -0.3 is 5.73 Å². The highest BCUT2D eigenvalue weighted by molar-refractivity contribution is 7.99. The van der Waals surface area contributed by atoms with Gasteiger partial charge in [-0.15, -0.1) is 0 Å². The Bertz CT molecular complexity index is 432. The largest absolute Gasteiger partial charge is 0.368 e. The average molecular weight is 262 g/mol. The van der Waals surface area contributed by atoms with Crippen LogP contribution < -0.4 is 10.5 Å². The Hall–Kier alpha value is -0.860. The molecule has 0 radical (unpaired) electrons. The topological polar surface area (TPSA) is 98.0 Å². The van der Waals surface area contributed by atoms with Crippen molar-refractivity contribution >= 4 is 27.7 Å². The Morgan fingerprint density at radius 3 is 2.56 bits per heavy atom. The van der Waals surface area contributed by atoms with Crippen molar-refractivity contribution < 1.29 is 8.42 Å². The summed E-state index contributed by atoms with van der Waals surface area (Å²) in [5, 5.41) is 0.212. The number of rotatable bonds is 5. The molecule has 0 aliphatic heterocycles. The second kappa shape index (κ2) is 5.46. The summed E-state index contributed by atoms with van der Waals surface area (Å²) in [6.07, 6.45) is 4.30. The molecule has 6 nitrogen and oxygen atoms in total. The Morgan fingerprint density at radius 1 is 1.50 bits per heavy atom. The van der Waals surface area contributed by atoms with Gasteiger partial charge in [-0.1, -0.05) is 6.92 Å². The van der Waals surface area contributed by atoms with Crippen LogP contribution in [0.5, 0.6) is 0 Å². The van der Waals surface area contributed by atoms with Gasteiger partial charge in [-0.2, -0.15) is 11.8 Å². The van der Waals surface area contributed by atoms with E-state index in [4.69, 9.17) is 5.73 Å². The molecule has 1 aromatic heterocycles. The summed E-state index contributed by atoms with van der Waals surface area (Å²) in [4.78, 5) is 7.29. The van der Waals surface area contributed by atoms with Crippen LogP contribution in [0.2, 0.25) is 0 Å². The highest BCUT2D eigenvalue weighted by atomic mass is 32.2. The summed E-state index contributed by atoms with van der Waals surface area (Å²) in [6, 6.07) is 0. The van der Waals surface area contributed by atoms with Crippen molar-refractivity contribution in [3.63, 3.8) is 0 Å². The van der Waals surface area contributed by atoms with Crippen LogP contribution in [0.3, 0.4) is 0 Å². The Morgan fingerprint density at radius 2 is 2.06 bits per heavy atom. The lowest BCUT2D eigenvalue weighted by Gasteiger charge is -2.10. The zero-order valence-electron chi connectivity index (χ0n) is 9.04. The van der Waals surface area contributed by atoms with Crippen molar-refractivity contribution in [2.45, 2.75) is 17.1 Å². The maximum Gasteiger partial charge on any atom is 0.243 e. The van der Waals surface area contributed by atoms with E-state index in [1.165, 1.54) is 12.4 Å². The summed E-state index contributed by atoms with van der Waals surface area (Å²) < 4.78 is 25.9. The van der Waals surface area contributed by atoms with Gasteiger partial charge in [-0.05, 0) is 6.26 Å². The van der Waals surface area contributed by atoms with Gasteiger partial charge in [-0.3, -0.25) is 0 Å². The molecular weight excluding hydrogens is 248 g/mol. The minimum atomic E-state index is -3.53. The zero-order valence-corrected chi connectivity index (χ0v) is 10.7. The average Bonchev–Trinajstić information content (AvgIpc) is 2.26. The van der Waals surface area contributed by atoms with Crippen molar-refractivity contribution in [2.75, 3.05) is 18.5 Å². The molecule has 1 heterocycles. The van der Waals surface area contributed by atoms with E-state index in [0.29, 0.717) is 6.54 Å². The van der Waals surface area contributed by atoms with E-state index >= 15 is 0 Å². The standard InChI is InChI=1S/C8H14N4O2S2/c1-6(15-2)3-12-16(13,14)7-4-10-8(9)11-5-7/h4-6,12H,3H2,1-2H3,(H2,9,10,11). The first-order valence-electron chi connectivity index (χ1n) is 4.55. The molecule has 0 saturated carbocycles. The quantitative estimate of drug-likeness (QED) is 0.780. The molecule has 1 rings (SSSR count). The SMILES string of the molecule is CSC(C)CNS(=O)(=O)c1cnc(N)nc1. The van der Waals surface area contributed by atoms with Crippen LogP contribution in [0.1, 0.15) is 6.92 Å². The van der Waals surface area contributed by atoms with Gasteiger partial charge in [0, 0.05) is 11.8 Å². The smallest absolute Gasteiger partial charge is 0.243 e. The molecule has 8 heteroatoms. The summed E-state index contributed by atoms with van der Waals surface area (Å²) in [7, 11) is -3.53. The lowest BCUT2D eigenvalue weighted by atomic mass is 10.5. The number of nitrogens with zero attached hydrogens (tertiary/aromatic N) is 2. The summed E-state index contributed by atoms with van der Waals surface area (Å²) in [6.45, 7) is 2.31. The lowest BCUT2D eigenvalue weighted by molar-refractivity contribution is 0.580. The molecule has 0 aliphatic rings. The van der Waals surface area contributed by atoms with Crippen LogP contribution >= 0.6 is 11.8 Å². The fraction of sp³-hybridized carbons (Fsp3) is 0.500. The number of nitrogen functional groups attached to an aromatic ring is 1. The van der Waals surface area contributed by atoms with E-state index in [1.54, 1.807) is 11.8 Å². The second-order valence-corrected chi connectivity index (χ2v) is 6.22. The minimum Gasteiger partial charge on any atom is -0.368 e. The number of aromatic nitrogens is 2. The summed E-state index contributed by atoms with van der Waals surface area (Å²) in [5.41, 5.74) is 5.27. The normalized spacial score (nSPS) is 13.6. The molecule has 0 spiro atoms. The van der Waals surface area contributed by atoms with Gasteiger partial charge in [0.25, 0.3) is 0 Å². The van der Waals surface area contributed by atoms with Crippen LogP contribution in [0.15, 0.2) is 17.3 Å². The fourth-order valence-electron chi connectivity index (χ4n) is 0.859. The molecule has 1 atom stereocenters. The lowest BCUT2D eigenvalue weighted by Crippen LogP contribution is -2.29. The first-order chi connectivity index (χ1) is 7.45. The van der Waals surface area contributed by atoms with Gasteiger partial charge >= 0.3 is 0 Å². The van der Waals surface area contributed by atoms with Crippen molar-refractivity contribution in [3.05, 3.63) is 12.4 Å². The Labute approximate surface area is 99.1 Å². The van der Waals surface area contributed by atoms with Gasteiger partial charge in [0.05, 0.1) is 12.4 Å². The van der Waals surface area contributed by atoms with E-state index in [-0.39, 0.29) is 16.1 Å². The molecule has 3 N–H and O–H groups in total. The van der Waals surface area contributed by atoms with E-state index in [2.05, 4.69) is 14.7 Å². The van der Waals surface area contributed by atoms with Crippen molar-refractivity contribution in [1.29, 1.82) is 0 Å². The first kappa shape index (κ1) is 13.2. The minimum absolute atomic E-state index is 0.0232. The van der Waals surface area contributed by atoms with Crippen LogP contribution in [0.25, 0.3) is 0 Å². The van der Waals surface area contributed by atoms with Crippen molar-refractivity contribution in [2.24, 2.45) is 0 Å². The van der Waals surface area contributed by atoms with Crippen LogP contribution in [-0.4, -0.2) is 36.4 Å². The first-order valence-corrected chi connectivity index (χ1v) is 7.33. The zero-order chi connectivity index (χ0) is 12.2. The number of thioether (sulfide) groups is 1. The van der Waals surface area contributed by atoms with Gasteiger partial charge in [0.15, 0.2) is 0 Å². The highest BCUT2D eigenvalue weighted by Gasteiger charge is 2.15. The second-order valence-electron chi connectivity index (χ2n) is 3.18. The van der Waals surface area contributed by atoms with Gasteiger partial charge in [0.1, 0.15) is 4.90 Å². The number of nitrogens with two attached hydrogens (primary N) is 1. The molecule has 0 saturated heterocycles. The number of anilines is 1. The van der Waals surface area contributed by atoms with E-state index in [0.717, 1.165) is 0 Å². The monoisotopic (exact) mass is 262 g/mol. The van der Waals surface area contributed by atoms with Crippen LogP contribution in [0.4, 0.5) is 5.95 Å². The molecule has 0 bridgehead atoms. The highest BCUT2D eigenvalue weighted by Crippen LogP contribution is 2.08. The summed E-state index contributed by atoms with van der Waals surface area (Å²) >= 11 is 1.58. The third-order valence-electron chi connectivity index (χ3n) is 1.92. The molecular formula is C8H14N4O2S2. The molecule has 1 unspecified atom stereocenters. The number of sulfonamides is 1. The number of hydrogen-bond donors (Lipinski definition) is 2. The Balaban J connectivity index is 2.74. The van der Waals surface area contributed by atoms with E-state index in [9.17, 15) is 8.42 Å². The summed E-state index contributed by atoms with van der Waals surface area (Å²) in [5.74, 6) is 0.0523. The molecule has 1 aromatic rings. The predicted molar refractivity (Wildman–Crippen MR) is 64.6 cm³/mol. The van der Waals surface area contributed by atoms with Crippen molar-refractivity contribution in [3.8, 4) is 0 Å². The van der Waals surface area contributed by atoms with Crippen molar-refractivity contribution in [1.82, 2.24) is 14.7 Å². The fourth-order valence-corrected chi connectivity index (χ4v) is 2.23. The number of hydrogen-bond acceptors (Lipinski definition) is 6. The van der Waals surface area contributed by atoms with Gasteiger partial charge in [0.2, 0.25) is 16.0 Å². The molecule has 0 fully saturated rings. The molecule has 0 aromatic carbocycles. The molecule has 90 valence electrons. The van der Waals surface area contributed by atoms with E-state index < -0.39 is 10.0 Å². The third kappa shape index (κ3) is 3.62. The Kier molecular flexibility index (Phi) is 4.51. The maximum absolute atomic E-state index is 11.7.